The van der Waals surface area contributed by atoms with Crippen molar-refractivity contribution >= 4 is 17.3 Å². The van der Waals surface area contributed by atoms with Crippen molar-refractivity contribution in [1.82, 2.24) is 0 Å². The van der Waals surface area contributed by atoms with Crippen LogP contribution in [0.4, 0.5) is 11.4 Å². The number of hydrogen-bond donors (Lipinski definition) is 1. The van der Waals surface area contributed by atoms with Crippen LogP contribution < -0.4 is 19.7 Å². The zero-order valence-corrected chi connectivity index (χ0v) is 14.8. The van der Waals surface area contributed by atoms with Gasteiger partial charge in [-0.1, -0.05) is 24.3 Å². The van der Waals surface area contributed by atoms with Crippen LogP contribution in [-0.4, -0.2) is 12.7 Å². The summed E-state index contributed by atoms with van der Waals surface area (Å²) in [6.45, 7) is 0.173. The molecule has 0 saturated carbocycles. The number of anilines is 2. The van der Waals surface area contributed by atoms with Crippen molar-refractivity contribution in [3.63, 3.8) is 0 Å². The molecule has 1 N–H and O–H groups in total. The lowest BCUT2D eigenvalue weighted by molar-refractivity contribution is 0.0975. The molecule has 136 valence electrons. The fraction of sp³-hybridized carbons (Fsp3) is 0.0909. The van der Waals surface area contributed by atoms with E-state index >= 15 is 0 Å². The van der Waals surface area contributed by atoms with Crippen LogP contribution in [0.15, 0.2) is 66.7 Å². The number of nitrogens with one attached hydrogen (secondary N) is 1. The largest absolute Gasteiger partial charge is 0.454 e. The summed E-state index contributed by atoms with van der Waals surface area (Å²) in [6, 6.07) is 22.2. The van der Waals surface area contributed by atoms with Crippen LogP contribution in [0.25, 0.3) is 0 Å². The Morgan fingerprint density at radius 2 is 1.79 bits per heavy atom. The standard InChI is InChI=1S/C22H15N3O3/c23-12-14-5-7-15(8-6-14)21-24-18-4-2-1-3-17(18)22(26)25(21)16-9-10-19-20(11-16)28-13-27-19/h1-11,21,24H,13H2/t21-/m1/s1. The zero-order valence-electron chi connectivity index (χ0n) is 14.8. The number of ether oxygens (including phenoxy) is 2. The lowest BCUT2D eigenvalue weighted by Crippen LogP contribution is -2.43. The normalized spacial score (nSPS) is 16.9. The molecule has 6 nitrogen and oxygen atoms in total. The van der Waals surface area contributed by atoms with E-state index in [4.69, 9.17) is 14.7 Å². The van der Waals surface area contributed by atoms with Gasteiger partial charge in [0.15, 0.2) is 11.5 Å². The first kappa shape index (κ1) is 16.2. The highest BCUT2D eigenvalue weighted by atomic mass is 16.7. The van der Waals surface area contributed by atoms with Gasteiger partial charge in [0.25, 0.3) is 5.91 Å². The molecule has 2 aliphatic heterocycles. The van der Waals surface area contributed by atoms with Gasteiger partial charge >= 0.3 is 0 Å². The molecule has 1 amide bonds. The number of amides is 1. The van der Waals surface area contributed by atoms with Crippen LogP contribution in [-0.2, 0) is 0 Å². The van der Waals surface area contributed by atoms with Crippen molar-refractivity contribution < 1.29 is 14.3 Å². The number of benzene rings is 3. The molecule has 6 heteroatoms. The second-order valence-corrected chi connectivity index (χ2v) is 6.54. The van der Waals surface area contributed by atoms with Crippen molar-refractivity contribution in [3.8, 4) is 17.6 Å². The van der Waals surface area contributed by atoms with Crippen LogP contribution in [0.1, 0.15) is 27.7 Å². The fourth-order valence-corrected chi connectivity index (χ4v) is 3.53. The molecule has 1 atom stereocenters. The number of nitriles is 1. The van der Waals surface area contributed by atoms with Crippen LogP contribution in [0.5, 0.6) is 11.5 Å². The first-order valence-corrected chi connectivity index (χ1v) is 8.83. The maximum Gasteiger partial charge on any atom is 0.262 e. The summed E-state index contributed by atoms with van der Waals surface area (Å²) >= 11 is 0. The summed E-state index contributed by atoms with van der Waals surface area (Å²) in [7, 11) is 0. The van der Waals surface area contributed by atoms with E-state index in [1.54, 1.807) is 29.2 Å². The van der Waals surface area contributed by atoms with E-state index in [9.17, 15) is 4.79 Å². The van der Waals surface area contributed by atoms with Gasteiger partial charge in [-0.15, -0.1) is 0 Å². The van der Waals surface area contributed by atoms with Crippen LogP contribution in [0.2, 0.25) is 0 Å². The van der Waals surface area contributed by atoms with Gasteiger partial charge in [0, 0.05) is 11.8 Å². The van der Waals surface area contributed by atoms with Gasteiger partial charge in [0.1, 0.15) is 6.17 Å². The minimum atomic E-state index is -0.421. The van der Waals surface area contributed by atoms with E-state index in [1.807, 2.05) is 42.5 Å². The maximum atomic E-state index is 13.4. The van der Waals surface area contributed by atoms with Gasteiger partial charge in [-0.25, -0.2) is 0 Å². The Hall–Kier alpha value is -3.98. The van der Waals surface area contributed by atoms with Gasteiger partial charge in [0.2, 0.25) is 6.79 Å². The first-order valence-electron chi connectivity index (χ1n) is 8.83. The van der Waals surface area contributed by atoms with E-state index in [-0.39, 0.29) is 12.7 Å². The molecular formula is C22H15N3O3. The smallest absolute Gasteiger partial charge is 0.262 e. The second-order valence-electron chi connectivity index (χ2n) is 6.54. The van der Waals surface area contributed by atoms with Gasteiger partial charge in [0.05, 0.1) is 22.9 Å². The van der Waals surface area contributed by atoms with Gasteiger partial charge in [-0.05, 0) is 42.0 Å². The molecule has 0 radical (unpaired) electrons. The highest BCUT2D eigenvalue weighted by Gasteiger charge is 2.34. The summed E-state index contributed by atoms with van der Waals surface area (Å²) in [4.78, 5) is 15.1. The molecule has 3 aromatic rings. The Balaban J connectivity index is 1.63. The number of para-hydroxylation sites is 1. The summed E-state index contributed by atoms with van der Waals surface area (Å²) in [5.41, 5.74) is 3.52. The third-order valence-electron chi connectivity index (χ3n) is 4.92. The highest BCUT2D eigenvalue weighted by molar-refractivity contribution is 6.12. The Kier molecular flexibility index (Phi) is 3.66. The van der Waals surface area contributed by atoms with Crippen LogP contribution in [0.3, 0.4) is 0 Å². The Morgan fingerprint density at radius 3 is 2.61 bits per heavy atom. The molecule has 2 aliphatic rings. The van der Waals surface area contributed by atoms with E-state index < -0.39 is 6.17 Å². The average Bonchev–Trinajstić information content (AvgIpc) is 3.21. The predicted molar refractivity (Wildman–Crippen MR) is 103 cm³/mol. The molecule has 0 aliphatic carbocycles. The monoisotopic (exact) mass is 369 g/mol. The topological polar surface area (TPSA) is 74.6 Å². The molecule has 0 aromatic heterocycles. The number of nitrogens with zero attached hydrogens (tertiary/aromatic N) is 2. The number of carbonyl (C=O) groups is 1. The molecule has 0 bridgehead atoms. The van der Waals surface area contributed by atoms with Crippen molar-refractivity contribution in [3.05, 3.63) is 83.4 Å². The van der Waals surface area contributed by atoms with Crippen molar-refractivity contribution in [2.75, 3.05) is 17.0 Å². The number of rotatable bonds is 2. The third-order valence-corrected chi connectivity index (χ3v) is 4.92. The molecule has 2 heterocycles. The van der Waals surface area contributed by atoms with Crippen molar-refractivity contribution in [2.24, 2.45) is 0 Å². The van der Waals surface area contributed by atoms with Crippen molar-refractivity contribution in [1.29, 1.82) is 5.26 Å². The number of fused-ring (bicyclic) bond motifs is 2. The lowest BCUT2D eigenvalue weighted by Gasteiger charge is -2.38. The molecule has 0 unspecified atom stereocenters. The summed E-state index contributed by atoms with van der Waals surface area (Å²) in [6.07, 6.45) is -0.421. The third kappa shape index (κ3) is 2.53. The van der Waals surface area contributed by atoms with E-state index in [0.717, 1.165) is 11.3 Å². The Labute approximate surface area is 161 Å². The minimum absolute atomic E-state index is 0.109. The van der Waals surface area contributed by atoms with E-state index in [0.29, 0.717) is 28.3 Å². The first-order chi connectivity index (χ1) is 13.7. The van der Waals surface area contributed by atoms with Crippen LogP contribution in [0, 0.1) is 11.3 Å². The average molecular weight is 369 g/mol. The molecule has 28 heavy (non-hydrogen) atoms. The number of carbonyl (C=O) groups excluding carboxylic acids is 1. The highest BCUT2D eigenvalue weighted by Crippen LogP contribution is 2.41. The Bertz CT molecular complexity index is 1120. The summed E-state index contributed by atoms with van der Waals surface area (Å²) in [5.74, 6) is 1.17. The molecule has 0 fully saturated rings. The van der Waals surface area contributed by atoms with Crippen molar-refractivity contribution in [2.45, 2.75) is 6.17 Å². The molecular weight excluding hydrogens is 354 g/mol. The fourth-order valence-electron chi connectivity index (χ4n) is 3.53. The molecule has 0 spiro atoms. The molecule has 3 aromatic carbocycles. The summed E-state index contributed by atoms with van der Waals surface area (Å²) < 4.78 is 10.9. The van der Waals surface area contributed by atoms with Gasteiger partial charge in [-0.3, -0.25) is 9.69 Å². The SMILES string of the molecule is N#Cc1ccc([C@@H]2Nc3ccccc3C(=O)N2c2ccc3c(c2)OCO3)cc1. The molecule has 0 saturated heterocycles. The van der Waals surface area contributed by atoms with E-state index in [2.05, 4.69) is 11.4 Å². The lowest BCUT2D eigenvalue weighted by atomic mass is 10.0. The van der Waals surface area contributed by atoms with E-state index in [1.165, 1.54) is 0 Å². The second kappa shape index (κ2) is 6.32. The maximum absolute atomic E-state index is 13.4. The summed E-state index contributed by atoms with van der Waals surface area (Å²) in [5, 5.41) is 12.5. The molecule has 5 rings (SSSR count). The zero-order chi connectivity index (χ0) is 19.1. The minimum Gasteiger partial charge on any atom is -0.454 e. The van der Waals surface area contributed by atoms with Gasteiger partial charge < -0.3 is 14.8 Å². The predicted octanol–water partition coefficient (Wildman–Crippen LogP) is 4.06. The number of hydrogen-bond acceptors (Lipinski definition) is 5. The Morgan fingerprint density at radius 1 is 1.00 bits per heavy atom. The van der Waals surface area contributed by atoms with Crippen LogP contribution >= 0.6 is 0 Å². The quantitative estimate of drug-likeness (QED) is 0.737. The van der Waals surface area contributed by atoms with Gasteiger partial charge in [-0.2, -0.15) is 5.26 Å².